The van der Waals surface area contributed by atoms with Crippen molar-refractivity contribution in [3.63, 3.8) is 0 Å². The lowest BCUT2D eigenvalue weighted by Crippen LogP contribution is -2.33. The summed E-state index contributed by atoms with van der Waals surface area (Å²) in [4.78, 5) is 21.6. The van der Waals surface area contributed by atoms with Gasteiger partial charge in [-0.1, -0.05) is 30.3 Å². The molecule has 2 bridgehead atoms. The van der Waals surface area contributed by atoms with Gasteiger partial charge in [0.15, 0.2) is 5.65 Å². The van der Waals surface area contributed by atoms with Crippen molar-refractivity contribution in [3.05, 3.63) is 65.7 Å². The molecule has 4 aromatic rings. The number of pyridine rings is 1. The van der Waals surface area contributed by atoms with Gasteiger partial charge >= 0.3 is 0 Å². The highest BCUT2D eigenvalue weighted by molar-refractivity contribution is 6.01. The first-order chi connectivity index (χ1) is 15.5. The summed E-state index contributed by atoms with van der Waals surface area (Å²) < 4.78 is 21.3. The predicted octanol–water partition coefficient (Wildman–Crippen LogP) is 2.64. The van der Waals surface area contributed by atoms with Gasteiger partial charge in [-0.25, -0.2) is 14.4 Å². The molecule has 1 aromatic carbocycles. The summed E-state index contributed by atoms with van der Waals surface area (Å²) in [6.45, 7) is 2.19. The lowest BCUT2D eigenvalue weighted by Gasteiger charge is -2.18. The van der Waals surface area contributed by atoms with Gasteiger partial charge in [-0.3, -0.25) is 4.79 Å². The minimum Gasteiger partial charge on any atom is -0.473 e. The number of amides is 1. The Balaban J connectivity index is 1.71. The third-order valence-corrected chi connectivity index (χ3v) is 5.19. The second kappa shape index (κ2) is 7.80. The molecular formula is C22H20FN7O2. The van der Waals surface area contributed by atoms with E-state index in [2.05, 4.69) is 25.7 Å². The van der Waals surface area contributed by atoms with Crippen LogP contribution in [-0.4, -0.2) is 38.1 Å². The molecule has 162 valence electrons. The van der Waals surface area contributed by atoms with E-state index in [0.717, 1.165) is 11.8 Å². The summed E-state index contributed by atoms with van der Waals surface area (Å²) in [7, 11) is 0. The van der Waals surface area contributed by atoms with Gasteiger partial charge in [0, 0.05) is 12.1 Å². The number of fused-ring (bicyclic) bond motifs is 2. The maximum absolute atomic E-state index is 13.9. The largest absolute Gasteiger partial charge is 0.473 e. The Labute approximate surface area is 182 Å². The minimum atomic E-state index is -0.483. The fourth-order valence-electron chi connectivity index (χ4n) is 3.64. The number of nitrogens with one attached hydrogen (secondary N) is 2. The summed E-state index contributed by atoms with van der Waals surface area (Å²) in [6, 6.07) is 10.8. The third kappa shape index (κ3) is 3.45. The molecule has 3 aromatic heterocycles. The van der Waals surface area contributed by atoms with Crippen LogP contribution in [0.5, 0.6) is 5.88 Å². The molecule has 1 amide bonds. The molecule has 9 nitrogen and oxygen atoms in total. The minimum absolute atomic E-state index is 0.181. The van der Waals surface area contributed by atoms with Crippen LogP contribution in [0.15, 0.2) is 48.8 Å². The van der Waals surface area contributed by atoms with Gasteiger partial charge in [-0.15, -0.1) is 0 Å². The molecule has 1 unspecified atom stereocenters. The Morgan fingerprint density at radius 3 is 2.84 bits per heavy atom. The zero-order valence-corrected chi connectivity index (χ0v) is 17.2. The lowest BCUT2D eigenvalue weighted by atomic mass is 10.1. The maximum Gasteiger partial charge on any atom is 0.256 e. The van der Waals surface area contributed by atoms with Crippen molar-refractivity contribution >= 4 is 23.2 Å². The van der Waals surface area contributed by atoms with Crippen molar-refractivity contribution in [2.75, 3.05) is 17.6 Å². The van der Waals surface area contributed by atoms with E-state index in [4.69, 9.17) is 10.5 Å². The maximum atomic E-state index is 13.9. The van der Waals surface area contributed by atoms with E-state index >= 15 is 0 Å². The van der Waals surface area contributed by atoms with Gasteiger partial charge in [0.1, 0.15) is 29.1 Å². The molecule has 1 atom stereocenters. The zero-order chi connectivity index (χ0) is 22.2. The van der Waals surface area contributed by atoms with Crippen molar-refractivity contribution in [1.82, 2.24) is 24.9 Å². The van der Waals surface area contributed by atoms with Gasteiger partial charge in [-0.2, -0.15) is 9.61 Å². The van der Waals surface area contributed by atoms with E-state index < -0.39 is 11.9 Å². The molecule has 32 heavy (non-hydrogen) atoms. The Morgan fingerprint density at radius 2 is 2.03 bits per heavy atom. The molecular weight excluding hydrogens is 413 g/mol. The molecule has 5 rings (SSSR count). The van der Waals surface area contributed by atoms with Crippen LogP contribution in [0.3, 0.4) is 0 Å². The molecule has 4 N–H and O–H groups in total. The topological polar surface area (TPSA) is 119 Å². The summed E-state index contributed by atoms with van der Waals surface area (Å²) in [6.07, 6.45) is 2.13. The Morgan fingerprint density at radius 1 is 1.22 bits per heavy atom. The third-order valence-electron chi connectivity index (χ3n) is 5.19. The second-order valence-corrected chi connectivity index (χ2v) is 7.49. The van der Waals surface area contributed by atoms with Crippen LogP contribution in [0.25, 0.3) is 16.8 Å². The number of benzene rings is 1. The number of rotatable bonds is 1. The number of nitrogens with zero attached hydrogens (tertiary/aromatic N) is 4. The van der Waals surface area contributed by atoms with E-state index in [1.165, 1.54) is 16.8 Å². The van der Waals surface area contributed by atoms with Crippen LogP contribution in [0.4, 0.5) is 16.0 Å². The summed E-state index contributed by atoms with van der Waals surface area (Å²) in [5.74, 6) is 0.187. The van der Waals surface area contributed by atoms with E-state index in [1.54, 1.807) is 6.92 Å². The Kier molecular flexibility index (Phi) is 4.81. The molecule has 0 saturated heterocycles. The van der Waals surface area contributed by atoms with Crippen molar-refractivity contribution in [3.8, 4) is 17.0 Å². The zero-order valence-electron chi connectivity index (χ0n) is 17.2. The molecule has 1 aliphatic heterocycles. The number of hydrogen-bond donors (Lipinski definition) is 3. The van der Waals surface area contributed by atoms with Crippen molar-refractivity contribution < 1.29 is 13.9 Å². The van der Waals surface area contributed by atoms with Crippen molar-refractivity contribution in [2.24, 2.45) is 0 Å². The van der Waals surface area contributed by atoms with Crippen molar-refractivity contribution in [1.29, 1.82) is 0 Å². The number of nitrogen functional groups attached to an aromatic ring is 1. The number of nitrogens with two attached hydrogens (primary N) is 1. The van der Waals surface area contributed by atoms with Gasteiger partial charge in [0.05, 0.1) is 24.5 Å². The number of ether oxygens (including phenoxy) is 1. The lowest BCUT2D eigenvalue weighted by molar-refractivity contribution is 0.0932. The highest BCUT2D eigenvalue weighted by atomic mass is 19.1. The first-order valence-electron chi connectivity index (χ1n) is 10.1. The molecule has 0 spiro atoms. The molecule has 10 heteroatoms. The van der Waals surface area contributed by atoms with Crippen LogP contribution in [0.2, 0.25) is 0 Å². The predicted molar refractivity (Wildman–Crippen MR) is 117 cm³/mol. The van der Waals surface area contributed by atoms with Crippen LogP contribution >= 0.6 is 0 Å². The quantitative estimate of drug-likeness (QED) is 0.422. The van der Waals surface area contributed by atoms with Gasteiger partial charge in [0.2, 0.25) is 5.88 Å². The van der Waals surface area contributed by atoms with Gasteiger partial charge < -0.3 is 21.1 Å². The highest BCUT2D eigenvalue weighted by Gasteiger charge is 2.23. The fraction of sp³-hybridized carbons (Fsp3) is 0.182. The van der Waals surface area contributed by atoms with Crippen molar-refractivity contribution in [2.45, 2.75) is 19.6 Å². The van der Waals surface area contributed by atoms with Crippen LogP contribution in [0, 0.1) is 5.82 Å². The Bertz CT molecular complexity index is 1320. The SMILES string of the molecule is CC1CNC(=O)c2cnn3c(N)c(-c4ccccc4)c(nc23)NCc2cc(F)cnc2O1. The smallest absolute Gasteiger partial charge is 0.256 e. The van der Waals surface area contributed by atoms with E-state index in [9.17, 15) is 9.18 Å². The highest BCUT2D eigenvalue weighted by Crippen LogP contribution is 2.34. The van der Waals surface area contributed by atoms with Crippen LogP contribution in [-0.2, 0) is 6.54 Å². The number of aromatic nitrogens is 4. The monoisotopic (exact) mass is 433 g/mol. The molecule has 1 aliphatic rings. The van der Waals surface area contributed by atoms with Crippen LogP contribution < -0.4 is 21.1 Å². The summed E-state index contributed by atoms with van der Waals surface area (Å²) in [5.41, 5.74) is 9.02. The van der Waals surface area contributed by atoms with E-state index in [-0.39, 0.29) is 30.4 Å². The van der Waals surface area contributed by atoms with Crippen LogP contribution in [0.1, 0.15) is 22.8 Å². The van der Waals surface area contributed by atoms with Gasteiger partial charge in [-0.05, 0) is 18.6 Å². The number of anilines is 2. The number of carbonyl (C=O) groups excluding carboxylic acids is 1. The molecule has 4 heterocycles. The van der Waals surface area contributed by atoms with Gasteiger partial charge in [0.25, 0.3) is 5.91 Å². The average molecular weight is 433 g/mol. The fourth-order valence-corrected chi connectivity index (χ4v) is 3.64. The molecule has 0 saturated carbocycles. The number of halogens is 1. The van der Waals surface area contributed by atoms with E-state index in [0.29, 0.717) is 28.4 Å². The molecule has 0 aliphatic carbocycles. The first-order valence-corrected chi connectivity index (χ1v) is 10.1. The number of hydrogen-bond acceptors (Lipinski definition) is 7. The standard InChI is InChI=1S/C22H20FN7O2/c1-12-8-26-21(31)16-11-28-30-18(24)17(13-5-3-2-4-6-13)19(29-20(16)30)25-9-14-7-15(23)10-27-22(14)32-12/h2-7,10-12H,8-9,24H2,1H3,(H,25,29)(H,26,31). The normalized spacial score (nSPS) is 16.2. The van der Waals surface area contributed by atoms with E-state index in [1.807, 2.05) is 30.3 Å². The first kappa shape index (κ1) is 19.7. The summed E-state index contributed by atoms with van der Waals surface area (Å²) in [5, 5.41) is 10.3. The summed E-state index contributed by atoms with van der Waals surface area (Å²) >= 11 is 0. The second-order valence-electron chi connectivity index (χ2n) is 7.49. The Hall–Kier alpha value is -4.21. The molecule has 0 fully saturated rings. The molecule has 0 radical (unpaired) electrons. The number of carbonyl (C=O) groups is 1. The average Bonchev–Trinajstić information content (AvgIpc) is 3.22.